The smallest absolute Gasteiger partial charge is 0.325 e. The molecule has 18 heavy (non-hydrogen) atoms. The van der Waals surface area contributed by atoms with Crippen LogP contribution in [0.5, 0.6) is 0 Å². The molecule has 1 aromatic rings. The van der Waals surface area contributed by atoms with Gasteiger partial charge in [-0.25, -0.2) is 4.79 Å². The zero-order valence-corrected chi connectivity index (χ0v) is 10.7. The van der Waals surface area contributed by atoms with Crippen molar-refractivity contribution in [3.05, 3.63) is 35.4 Å². The molecule has 0 aliphatic carbocycles. The summed E-state index contributed by atoms with van der Waals surface area (Å²) < 4.78 is 4.69. The SMILES string of the molecule is CCOC(=O)CNC(=O)NCc1cccc(C)c1. The third kappa shape index (κ3) is 5.34. The highest BCUT2D eigenvalue weighted by Crippen LogP contribution is 2.02. The number of hydrogen-bond acceptors (Lipinski definition) is 3. The highest BCUT2D eigenvalue weighted by atomic mass is 16.5. The molecule has 0 radical (unpaired) electrons. The summed E-state index contributed by atoms with van der Waals surface area (Å²) in [7, 11) is 0. The van der Waals surface area contributed by atoms with Gasteiger partial charge in [-0.2, -0.15) is 0 Å². The molecule has 0 saturated carbocycles. The number of benzene rings is 1. The first-order chi connectivity index (χ1) is 8.61. The molecule has 0 saturated heterocycles. The molecule has 0 aliphatic rings. The van der Waals surface area contributed by atoms with Crippen LogP contribution in [-0.4, -0.2) is 25.2 Å². The van der Waals surface area contributed by atoms with Crippen LogP contribution in [0.15, 0.2) is 24.3 Å². The number of ether oxygens (including phenoxy) is 1. The minimum atomic E-state index is -0.441. The summed E-state index contributed by atoms with van der Waals surface area (Å²) in [6.45, 7) is 4.33. The van der Waals surface area contributed by atoms with E-state index in [1.165, 1.54) is 0 Å². The predicted molar refractivity (Wildman–Crippen MR) is 68.1 cm³/mol. The fraction of sp³-hybridized carbons (Fsp3) is 0.385. The van der Waals surface area contributed by atoms with E-state index in [-0.39, 0.29) is 12.6 Å². The number of hydrogen-bond donors (Lipinski definition) is 2. The number of urea groups is 1. The lowest BCUT2D eigenvalue weighted by atomic mass is 10.1. The van der Waals surface area contributed by atoms with Gasteiger partial charge in [0.2, 0.25) is 0 Å². The number of amides is 2. The molecule has 0 atom stereocenters. The number of carbonyl (C=O) groups excluding carboxylic acids is 2. The number of esters is 1. The van der Waals surface area contributed by atoms with E-state index in [1.807, 2.05) is 31.2 Å². The number of aryl methyl sites for hydroxylation is 1. The van der Waals surface area contributed by atoms with E-state index in [9.17, 15) is 9.59 Å². The Morgan fingerprint density at radius 2 is 2.06 bits per heavy atom. The lowest BCUT2D eigenvalue weighted by molar-refractivity contribution is -0.141. The van der Waals surface area contributed by atoms with Gasteiger partial charge in [0, 0.05) is 6.54 Å². The summed E-state index contributed by atoms with van der Waals surface area (Å²) in [6.07, 6.45) is 0. The van der Waals surface area contributed by atoms with Gasteiger partial charge in [-0.1, -0.05) is 29.8 Å². The Morgan fingerprint density at radius 1 is 1.28 bits per heavy atom. The third-order valence-electron chi connectivity index (χ3n) is 2.23. The molecule has 5 nitrogen and oxygen atoms in total. The van der Waals surface area contributed by atoms with E-state index in [2.05, 4.69) is 15.4 Å². The highest BCUT2D eigenvalue weighted by Gasteiger charge is 2.05. The number of rotatable bonds is 5. The fourth-order valence-electron chi connectivity index (χ4n) is 1.43. The van der Waals surface area contributed by atoms with Crippen LogP contribution in [0, 0.1) is 6.92 Å². The van der Waals surface area contributed by atoms with Crippen LogP contribution in [0.2, 0.25) is 0 Å². The van der Waals surface area contributed by atoms with E-state index < -0.39 is 5.97 Å². The lowest BCUT2D eigenvalue weighted by Gasteiger charge is -2.07. The van der Waals surface area contributed by atoms with E-state index >= 15 is 0 Å². The van der Waals surface area contributed by atoms with Crippen molar-refractivity contribution in [1.82, 2.24) is 10.6 Å². The molecule has 5 heteroatoms. The first kappa shape index (κ1) is 14.0. The summed E-state index contributed by atoms with van der Waals surface area (Å²) in [5.74, 6) is -0.441. The Kier molecular flexibility index (Phi) is 5.70. The zero-order valence-electron chi connectivity index (χ0n) is 10.7. The van der Waals surface area contributed by atoms with Crippen molar-refractivity contribution >= 4 is 12.0 Å². The molecule has 98 valence electrons. The fourth-order valence-corrected chi connectivity index (χ4v) is 1.43. The maximum absolute atomic E-state index is 11.4. The molecular formula is C13H18N2O3. The first-order valence-corrected chi connectivity index (χ1v) is 5.84. The Morgan fingerprint density at radius 3 is 2.72 bits per heavy atom. The Hall–Kier alpha value is -2.04. The van der Waals surface area contributed by atoms with Gasteiger partial charge >= 0.3 is 12.0 Å². The van der Waals surface area contributed by atoms with E-state index in [0.717, 1.165) is 11.1 Å². The molecule has 0 spiro atoms. The summed E-state index contributed by atoms with van der Waals surface area (Å²) in [4.78, 5) is 22.4. The largest absolute Gasteiger partial charge is 0.465 e. The standard InChI is InChI=1S/C13H18N2O3/c1-3-18-12(16)9-15-13(17)14-8-11-6-4-5-10(2)7-11/h4-7H,3,8-9H2,1-2H3,(H2,14,15,17). The molecule has 2 N–H and O–H groups in total. The summed E-state index contributed by atoms with van der Waals surface area (Å²) in [6, 6.07) is 7.46. The molecule has 1 rings (SSSR count). The zero-order chi connectivity index (χ0) is 13.4. The van der Waals surface area contributed by atoms with Crippen LogP contribution in [0.4, 0.5) is 4.79 Å². The van der Waals surface area contributed by atoms with Crippen molar-refractivity contribution in [2.45, 2.75) is 20.4 Å². The summed E-state index contributed by atoms with van der Waals surface area (Å²) in [5, 5.41) is 5.09. The van der Waals surface area contributed by atoms with Gasteiger partial charge in [-0.15, -0.1) is 0 Å². The lowest BCUT2D eigenvalue weighted by Crippen LogP contribution is -2.38. The second-order valence-electron chi connectivity index (χ2n) is 3.83. The molecule has 2 amide bonds. The van der Waals surface area contributed by atoms with Crippen molar-refractivity contribution in [3.63, 3.8) is 0 Å². The van der Waals surface area contributed by atoms with Gasteiger partial charge in [-0.3, -0.25) is 4.79 Å². The molecular weight excluding hydrogens is 232 g/mol. The monoisotopic (exact) mass is 250 g/mol. The van der Waals surface area contributed by atoms with E-state index in [0.29, 0.717) is 13.2 Å². The predicted octanol–water partition coefficient (Wildman–Crippen LogP) is 1.36. The normalized spacial score (nSPS) is 9.67. The average molecular weight is 250 g/mol. The molecule has 0 aromatic heterocycles. The number of carbonyl (C=O) groups is 2. The van der Waals surface area contributed by atoms with Crippen LogP contribution in [0.3, 0.4) is 0 Å². The van der Waals surface area contributed by atoms with Crippen molar-refractivity contribution in [3.8, 4) is 0 Å². The van der Waals surface area contributed by atoms with E-state index in [4.69, 9.17) is 0 Å². The van der Waals surface area contributed by atoms with Crippen molar-refractivity contribution < 1.29 is 14.3 Å². The molecule has 0 unspecified atom stereocenters. The van der Waals surface area contributed by atoms with Gasteiger partial charge < -0.3 is 15.4 Å². The van der Waals surface area contributed by atoms with Crippen molar-refractivity contribution in [2.75, 3.05) is 13.2 Å². The minimum absolute atomic E-state index is 0.118. The maximum Gasteiger partial charge on any atom is 0.325 e. The van der Waals surface area contributed by atoms with Crippen molar-refractivity contribution in [2.24, 2.45) is 0 Å². The van der Waals surface area contributed by atoms with Gasteiger partial charge in [0.1, 0.15) is 6.54 Å². The molecule has 0 heterocycles. The van der Waals surface area contributed by atoms with Crippen molar-refractivity contribution in [1.29, 1.82) is 0 Å². The average Bonchev–Trinajstić information content (AvgIpc) is 2.34. The topological polar surface area (TPSA) is 67.4 Å². The van der Waals surface area contributed by atoms with Gasteiger partial charge in [-0.05, 0) is 19.4 Å². The minimum Gasteiger partial charge on any atom is -0.465 e. The third-order valence-corrected chi connectivity index (χ3v) is 2.23. The van der Waals surface area contributed by atoms with Crippen LogP contribution >= 0.6 is 0 Å². The maximum atomic E-state index is 11.4. The molecule has 0 bridgehead atoms. The van der Waals surface area contributed by atoms with Crippen LogP contribution < -0.4 is 10.6 Å². The Labute approximate surface area is 107 Å². The van der Waals surface area contributed by atoms with Gasteiger partial charge in [0.25, 0.3) is 0 Å². The molecule has 1 aromatic carbocycles. The molecule has 0 fully saturated rings. The quantitative estimate of drug-likeness (QED) is 0.775. The second-order valence-corrected chi connectivity index (χ2v) is 3.83. The van der Waals surface area contributed by atoms with Crippen LogP contribution in [0.25, 0.3) is 0 Å². The number of nitrogens with one attached hydrogen (secondary N) is 2. The Bertz CT molecular complexity index is 418. The van der Waals surface area contributed by atoms with Gasteiger partial charge in [0.15, 0.2) is 0 Å². The second kappa shape index (κ2) is 7.32. The Balaban J connectivity index is 2.27. The highest BCUT2D eigenvalue weighted by molar-refractivity contribution is 5.80. The van der Waals surface area contributed by atoms with Gasteiger partial charge in [0.05, 0.1) is 6.61 Å². The first-order valence-electron chi connectivity index (χ1n) is 5.84. The summed E-state index contributed by atoms with van der Waals surface area (Å²) in [5.41, 5.74) is 2.16. The van der Waals surface area contributed by atoms with Crippen LogP contribution in [0.1, 0.15) is 18.1 Å². The summed E-state index contributed by atoms with van der Waals surface area (Å²) >= 11 is 0. The van der Waals surface area contributed by atoms with E-state index in [1.54, 1.807) is 6.92 Å². The molecule has 0 aliphatic heterocycles. The van der Waals surface area contributed by atoms with Crippen LogP contribution in [-0.2, 0) is 16.1 Å².